The minimum atomic E-state index is -0.153. The van der Waals surface area contributed by atoms with Crippen molar-refractivity contribution < 1.29 is 4.39 Å². The van der Waals surface area contributed by atoms with Gasteiger partial charge < -0.3 is 0 Å². The van der Waals surface area contributed by atoms with Gasteiger partial charge in [-0.15, -0.1) is 0 Å². The number of hydrogen-bond donors (Lipinski definition) is 0. The Bertz CT molecular complexity index is 818. The van der Waals surface area contributed by atoms with Gasteiger partial charge in [0.05, 0.1) is 0 Å². The van der Waals surface area contributed by atoms with Gasteiger partial charge in [0.25, 0.3) is 0 Å². The van der Waals surface area contributed by atoms with Crippen molar-refractivity contribution in [1.82, 2.24) is 0 Å². The molecule has 0 aliphatic carbocycles. The van der Waals surface area contributed by atoms with Crippen molar-refractivity contribution in [3.05, 3.63) is 120 Å². The zero-order valence-corrected chi connectivity index (χ0v) is 13.5. The molecule has 0 amide bonds. The molecule has 1 atom stereocenters. The number of rotatable bonds is 5. The smallest absolute Gasteiger partial charge is 0.127 e. The van der Waals surface area contributed by atoms with E-state index >= 15 is 0 Å². The molecular formula is C23H20F. The summed E-state index contributed by atoms with van der Waals surface area (Å²) in [6.45, 7) is 3.95. The summed E-state index contributed by atoms with van der Waals surface area (Å²) >= 11 is 0. The second-order valence-corrected chi connectivity index (χ2v) is 5.87. The molecular weight excluding hydrogens is 295 g/mol. The van der Waals surface area contributed by atoms with Gasteiger partial charge in [0.2, 0.25) is 0 Å². The van der Waals surface area contributed by atoms with Crippen LogP contribution in [0.5, 0.6) is 0 Å². The molecule has 0 heterocycles. The van der Waals surface area contributed by atoms with Crippen LogP contribution in [-0.4, -0.2) is 0 Å². The normalized spacial score (nSPS) is 12.4. The molecule has 1 radical (unpaired) electrons. The predicted octanol–water partition coefficient (Wildman–Crippen LogP) is 6.24. The molecule has 119 valence electrons. The highest BCUT2D eigenvalue weighted by Crippen LogP contribution is 2.30. The van der Waals surface area contributed by atoms with Gasteiger partial charge in [0.1, 0.15) is 5.82 Å². The van der Waals surface area contributed by atoms with Gasteiger partial charge in [-0.2, -0.15) is 0 Å². The van der Waals surface area contributed by atoms with Crippen LogP contribution in [0.25, 0.3) is 6.08 Å². The summed E-state index contributed by atoms with van der Waals surface area (Å²) in [6.07, 6.45) is 4.93. The van der Waals surface area contributed by atoms with Crippen molar-refractivity contribution in [2.45, 2.75) is 12.3 Å². The SMILES string of the molecule is [CH2]c1cccc(C=CCC(c2ccccc2)c2ccccc2F)c1. The van der Waals surface area contributed by atoms with Crippen LogP contribution in [0, 0.1) is 12.7 Å². The first kappa shape index (κ1) is 16.2. The van der Waals surface area contributed by atoms with Crippen molar-refractivity contribution in [3.8, 4) is 0 Å². The average Bonchev–Trinajstić information content (AvgIpc) is 2.61. The second-order valence-electron chi connectivity index (χ2n) is 5.87. The predicted molar refractivity (Wildman–Crippen MR) is 99.2 cm³/mol. The van der Waals surface area contributed by atoms with E-state index in [0.717, 1.165) is 28.7 Å². The molecule has 0 aromatic heterocycles. The Hall–Kier alpha value is -2.67. The van der Waals surface area contributed by atoms with Crippen LogP contribution < -0.4 is 0 Å². The van der Waals surface area contributed by atoms with E-state index in [0.29, 0.717) is 0 Å². The van der Waals surface area contributed by atoms with Crippen molar-refractivity contribution in [2.24, 2.45) is 0 Å². The topological polar surface area (TPSA) is 0 Å². The summed E-state index contributed by atoms with van der Waals surface area (Å²) in [5, 5.41) is 0. The van der Waals surface area contributed by atoms with Crippen LogP contribution in [0.1, 0.15) is 34.6 Å². The van der Waals surface area contributed by atoms with E-state index in [1.54, 1.807) is 6.07 Å². The fourth-order valence-electron chi connectivity index (χ4n) is 2.92. The summed E-state index contributed by atoms with van der Waals surface area (Å²) in [4.78, 5) is 0. The van der Waals surface area contributed by atoms with Crippen LogP contribution in [0.4, 0.5) is 4.39 Å². The van der Waals surface area contributed by atoms with Crippen molar-refractivity contribution in [2.75, 3.05) is 0 Å². The lowest BCUT2D eigenvalue weighted by Gasteiger charge is -2.17. The molecule has 3 aromatic carbocycles. The van der Waals surface area contributed by atoms with Crippen LogP contribution in [0.3, 0.4) is 0 Å². The third-order valence-electron chi connectivity index (χ3n) is 4.12. The molecule has 0 aliphatic heterocycles. The summed E-state index contributed by atoms with van der Waals surface area (Å²) in [5.41, 5.74) is 3.96. The zero-order chi connectivity index (χ0) is 16.8. The Kier molecular flexibility index (Phi) is 5.22. The fourth-order valence-corrected chi connectivity index (χ4v) is 2.92. The van der Waals surface area contributed by atoms with Gasteiger partial charge in [-0.3, -0.25) is 0 Å². The summed E-state index contributed by atoms with van der Waals surface area (Å²) in [6, 6.07) is 25.2. The Balaban J connectivity index is 1.87. The minimum Gasteiger partial charge on any atom is -0.207 e. The highest BCUT2D eigenvalue weighted by Gasteiger charge is 2.16. The molecule has 0 saturated carbocycles. The number of hydrogen-bond acceptors (Lipinski definition) is 0. The minimum absolute atomic E-state index is 0.00610. The zero-order valence-electron chi connectivity index (χ0n) is 13.5. The summed E-state index contributed by atoms with van der Waals surface area (Å²) < 4.78 is 14.3. The van der Waals surface area contributed by atoms with E-state index < -0.39 is 0 Å². The Morgan fingerprint density at radius 3 is 2.38 bits per heavy atom. The lowest BCUT2D eigenvalue weighted by atomic mass is 9.88. The van der Waals surface area contributed by atoms with E-state index in [9.17, 15) is 4.39 Å². The Labute approximate surface area is 143 Å². The van der Waals surface area contributed by atoms with E-state index in [4.69, 9.17) is 0 Å². The second kappa shape index (κ2) is 7.74. The maximum Gasteiger partial charge on any atom is 0.127 e. The number of allylic oxidation sites excluding steroid dienone is 1. The third kappa shape index (κ3) is 3.99. The largest absolute Gasteiger partial charge is 0.207 e. The molecule has 0 spiro atoms. The molecule has 0 fully saturated rings. The van der Waals surface area contributed by atoms with E-state index in [-0.39, 0.29) is 11.7 Å². The van der Waals surface area contributed by atoms with Gasteiger partial charge in [0.15, 0.2) is 0 Å². The molecule has 0 bridgehead atoms. The van der Waals surface area contributed by atoms with E-state index in [2.05, 4.69) is 31.2 Å². The number of halogens is 1. The fraction of sp³-hybridized carbons (Fsp3) is 0.0870. The van der Waals surface area contributed by atoms with Crippen LogP contribution in [0.2, 0.25) is 0 Å². The van der Waals surface area contributed by atoms with Gasteiger partial charge >= 0.3 is 0 Å². The van der Waals surface area contributed by atoms with Crippen LogP contribution >= 0.6 is 0 Å². The first-order valence-electron chi connectivity index (χ1n) is 8.12. The quantitative estimate of drug-likeness (QED) is 0.522. The molecule has 3 rings (SSSR count). The highest BCUT2D eigenvalue weighted by molar-refractivity contribution is 5.51. The summed E-state index contributed by atoms with van der Waals surface area (Å²) in [7, 11) is 0. The van der Waals surface area contributed by atoms with Gasteiger partial charge in [-0.25, -0.2) is 4.39 Å². The van der Waals surface area contributed by atoms with Crippen molar-refractivity contribution in [1.29, 1.82) is 0 Å². The molecule has 0 aliphatic rings. The highest BCUT2D eigenvalue weighted by atomic mass is 19.1. The molecule has 1 unspecified atom stereocenters. The van der Waals surface area contributed by atoms with E-state index in [1.165, 1.54) is 6.07 Å². The van der Waals surface area contributed by atoms with Gasteiger partial charge in [0, 0.05) is 5.92 Å². The number of benzene rings is 3. The molecule has 0 saturated heterocycles. The van der Waals surface area contributed by atoms with Crippen molar-refractivity contribution in [3.63, 3.8) is 0 Å². The van der Waals surface area contributed by atoms with Gasteiger partial charge in [-0.1, -0.05) is 84.9 Å². The Morgan fingerprint density at radius 2 is 1.62 bits per heavy atom. The van der Waals surface area contributed by atoms with E-state index in [1.807, 2.05) is 54.6 Å². The van der Waals surface area contributed by atoms with Crippen LogP contribution in [-0.2, 0) is 0 Å². The van der Waals surface area contributed by atoms with Crippen LogP contribution in [0.15, 0.2) is 84.9 Å². The molecule has 0 nitrogen and oxygen atoms in total. The van der Waals surface area contributed by atoms with Crippen molar-refractivity contribution >= 4 is 6.08 Å². The first-order valence-corrected chi connectivity index (χ1v) is 8.12. The average molecular weight is 315 g/mol. The maximum absolute atomic E-state index is 14.3. The molecule has 1 heteroatoms. The summed E-state index contributed by atoms with van der Waals surface area (Å²) in [5.74, 6) is -0.147. The Morgan fingerprint density at radius 1 is 0.875 bits per heavy atom. The molecule has 0 N–H and O–H groups in total. The lowest BCUT2D eigenvalue weighted by molar-refractivity contribution is 0.597. The third-order valence-corrected chi connectivity index (χ3v) is 4.12. The lowest BCUT2D eigenvalue weighted by Crippen LogP contribution is -2.02. The van der Waals surface area contributed by atoms with Gasteiger partial charge in [-0.05, 0) is 41.7 Å². The monoisotopic (exact) mass is 315 g/mol. The standard InChI is InChI=1S/C23H20F/c1-18-9-7-10-19(17-18)11-8-15-21(20-12-3-2-4-13-20)22-14-5-6-16-23(22)24/h2-14,16-17,21H,1,15H2. The first-order chi connectivity index (χ1) is 11.7. The molecule has 24 heavy (non-hydrogen) atoms. The maximum atomic E-state index is 14.3. The molecule has 3 aromatic rings.